The molecule has 3 aliphatic heterocycles. The van der Waals surface area contributed by atoms with Gasteiger partial charge >= 0.3 is 11.9 Å². The van der Waals surface area contributed by atoms with Crippen LogP contribution in [0.1, 0.15) is 53.4 Å². The summed E-state index contributed by atoms with van der Waals surface area (Å²) in [6, 6.07) is 0. The van der Waals surface area contributed by atoms with Gasteiger partial charge in [-0.15, -0.1) is 0 Å². The monoisotopic (exact) mass is 404 g/mol. The Hall–Kier alpha value is -1.70. The molecule has 7 heteroatoms. The average molecular weight is 404 g/mol. The highest BCUT2D eigenvalue weighted by Gasteiger charge is 2.79. The van der Waals surface area contributed by atoms with Crippen molar-refractivity contribution in [2.45, 2.75) is 77.2 Å². The van der Waals surface area contributed by atoms with Crippen molar-refractivity contribution < 1.29 is 33.6 Å². The molecule has 7 nitrogen and oxygen atoms in total. The Labute approximate surface area is 170 Å². The van der Waals surface area contributed by atoms with Crippen LogP contribution in [0.4, 0.5) is 0 Å². The maximum Gasteiger partial charge on any atom is 0.334 e. The lowest BCUT2D eigenvalue weighted by Gasteiger charge is -2.60. The first-order chi connectivity index (χ1) is 13.6. The zero-order valence-electron chi connectivity index (χ0n) is 17.3. The molecule has 7 atom stereocenters. The third kappa shape index (κ3) is 2.04. The first-order valence-corrected chi connectivity index (χ1v) is 10.5. The minimum Gasteiger partial charge on any atom is -0.458 e. The lowest BCUT2D eigenvalue weighted by atomic mass is 9.44. The van der Waals surface area contributed by atoms with E-state index in [1.54, 1.807) is 0 Å². The van der Waals surface area contributed by atoms with Gasteiger partial charge in [-0.05, 0) is 39.0 Å². The van der Waals surface area contributed by atoms with Crippen LogP contribution in [0, 0.1) is 16.7 Å². The SMILES string of the molecule is CCOC1(C2=CC(=O)OC2O)CC2(C)C(C)CC3OC(=O)C4=CCCC2(O1)C43C. The zero-order valence-corrected chi connectivity index (χ0v) is 17.3. The molecule has 5 aliphatic rings. The minimum absolute atomic E-state index is 0.184. The molecule has 2 aliphatic carbocycles. The summed E-state index contributed by atoms with van der Waals surface area (Å²) >= 11 is 0. The maximum absolute atomic E-state index is 12.7. The van der Waals surface area contributed by atoms with E-state index in [1.165, 1.54) is 6.08 Å². The summed E-state index contributed by atoms with van der Waals surface area (Å²) in [5.41, 5.74) is -0.694. The fraction of sp³-hybridized carbons (Fsp3) is 0.727. The van der Waals surface area contributed by atoms with Crippen molar-refractivity contribution in [3.63, 3.8) is 0 Å². The summed E-state index contributed by atoms with van der Waals surface area (Å²) in [7, 11) is 0. The molecule has 0 amide bonds. The second kappa shape index (κ2) is 5.71. The van der Waals surface area contributed by atoms with Crippen LogP contribution in [0.2, 0.25) is 0 Å². The van der Waals surface area contributed by atoms with E-state index < -0.39 is 29.1 Å². The number of aliphatic hydroxyl groups excluding tert-OH is 1. The van der Waals surface area contributed by atoms with Crippen molar-refractivity contribution >= 4 is 11.9 Å². The van der Waals surface area contributed by atoms with Crippen molar-refractivity contribution in [1.82, 2.24) is 0 Å². The van der Waals surface area contributed by atoms with E-state index in [0.717, 1.165) is 6.42 Å². The van der Waals surface area contributed by atoms with E-state index in [4.69, 9.17) is 18.9 Å². The molecule has 0 aromatic rings. The lowest BCUT2D eigenvalue weighted by Crippen LogP contribution is -2.66. The number of carbonyl (C=O) groups is 2. The van der Waals surface area contributed by atoms with Gasteiger partial charge in [0, 0.05) is 30.1 Å². The molecular weight excluding hydrogens is 376 g/mol. The van der Waals surface area contributed by atoms with Gasteiger partial charge in [-0.3, -0.25) is 0 Å². The van der Waals surface area contributed by atoms with Gasteiger partial charge in [-0.2, -0.15) is 0 Å². The van der Waals surface area contributed by atoms with Crippen LogP contribution in [-0.4, -0.2) is 47.4 Å². The highest BCUT2D eigenvalue weighted by atomic mass is 16.7. The number of rotatable bonds is 3. The van der Waals surface area contributed by atoms with E-state index in [-0.39, 0.29) is 23.4 Å². The summed E-state index contributed by atoms with van der Waals surface area (Å²) in [6.07, 6.45) is 4.25. The zero-order chi connectivity index (χ0) is 20.8. The van der Waals surface area contributed by atoms with Crippen LogP contribution in [0.15, 0.2) is 23.3 Å². The lowest BCUT2D eigenvalue weighted by molar-refractivity contribution is -0.285. The van der Waals surface area contributed by atoms with Gasteiger partial charge in [-0.1, -0.05) is 19.9 Å². The van der Waals surface area contributed by atoms with Gasteiger partial charge in [-0.25, -0.2) is 9.59 Å². The van der Waals surface area contributed by atoms with Crippen LogP contribution in [0.25, 0.3) is 0 Å². The number of allylic oxidation sites excluding steroid dienone is 1. The average Bonchev–Trinajstić information content (AvgIpc) is 3.21. The molecule has 2 saturated heterocycles. The molecular formula is C22H28O7. The van der Waals surface area contributed by atoms with Crippen LogP contribution in [0.5, 0.6) is 0 Å². The molecule has 7 unspecified atom stereocenters. The van der Waals surface area contributed by atoms with Crippen LogP contribution >= 0.6 is 0 Å². The molecule has 1 spiro atoms. The smallest absolute Gasteiger partial charge is 0.334 e. The second-order valence-electron chi connectivity index (χ2n) is 9.49. The molecule has 29 heavy (non-hydrogen) atoms. The van der Waals surface area contributed by atoms with Gasteiger partial charge < -0.3 is 24.1 Å². The second-order valence-corrected chi connectivity index (χ2v) is 9.49. The van der Waals surface area contributed by atoms with E-state index in [0.29, 0.717) is 37.0 Å². The largest absolute Gasteiger partial charge is 0.458 e. The number of ether oxygens (including phenoxy) is 4. The highest BCUT2D eigenvalue weighted by molar-refractivity contribution is 5.93. The Bertz CT molecular complexity index is 861. The molecule has 158 valence electrons. The molecule has 0 radical (unpaired) electrons. The topological polar surface area (TPSA) is 91.3 Å². The fourth-order valence-corrected chi connectivity index (χ4v) is 6.94. The molecule has 3 heterocycles. The number of hydrogen-bond acceptors (Lipinski definition) is 7. The Morgan fingerprint density at radius 2 is 2.03 bits per heavy atom. The summed E-state index contributed by atoms with van der Waals surface area (Å²) < 4.78 is 23.9. The molecule has 1 N–H and O–H groups in total. The quantitative estimate of drug-likeness (QED) is 0.722. The van der Waals surface area contributed by atoms with Gasteiger partial charge in [0.15, 0.2) is 5.79 Å². The van der Waals surface area contributed by atoms with E-state index in [2.05, 4.69) is 20.8 Å². The van der Waals surface area contributed by atoms with Crippen molar-refractivity contribution in [3.05, 3.63) is 23.3 Å². The van der Waals surface area contributed by atoms with Crippen LogP contribution in [0.3, 0.4) is 0 Å². The Morgan fingerprint density at radius 3 is 2.69 bits per heavy atom. The summed E-state index contributed by atoms with van der Waals surface area (Å²) in [5.74, 6) is -1.96. The van der Waals surface area contributed by atoms with Gasteiger partial charge in [0.25, 0.3) is 0 Å². The predicted octanol–water partition coefficient (Wildman–Crippen LogP) is 2.38. The van der Waals surface area contributed by atoms with Crippen molar-refractivity contribution in [3.8, 4) is 0 Å². The molecule has 1 saturated carbocycles. The number of esters is 2. The summed E-state index contributed by atoms with van der Waals surface area (Å²) in [4.78, 5) is 24.6. The number of carbonyl (C=O) groups excluding carboxylic acids is 2. The molecule has 5 rings (SSSR count). The standard InChI is InChI=1S/C22H28O7/c1-5-26-21(14-10-16(23)28-18(14)25)11-19(3)12(2)9-15-20(4)13(17(24)27-15)7-6-8-22(19,20)29-21/h7,10,12,15,18,25H,5-6,8-9,11H2,1-4H3. The first kappa shape index (κ1) is 19.3. The van der Waals surface area contributed by atoms with E-state index in [1.807, 2.05) is 13.0 Å². The normalized spacial score (nSPS) is 50.4. The number of cyclic esters (lactones) is 1. The van der Waals surface area contributed by atoms with Gasteiger partial charge in [0.2, 0.25) is 6.29 Å². The van der Waals surface area contributed by atoms with E-state index in [9.17, 15) is 14.7 Å². The van der Waals surface area contributed by atoms with Gasteiger partial charge in [0.1, 0.15) is 6.10 Å². The third-order valence-electron chi connectivity index (χ3n) is 8.46. The Morgan fingerprint density at radius 1 is 1.28 bits per heavy atom. The number of aliphatic hydroxyl groups is 1. The molecule has 0 aromatic heterocycles. The predicted molar refractivity (Wildman–Crippen MR) is 100 cm³/mol. The fourth-order valence-electron chi connectivity index (χ4n) is 6.94. The first-order valence-electron chi connectivity index (χ1n) is 10.5. The molecule has 0 bridgehead atoms. The van der Waals surface area contributed by atoms with Crippen molar-refractivity contribution in [2.75, 3.05) is 6.61 Å². The highest BCUT2D eigenvalue weighted by Crippen LogP contribution is 2.74. The maximum atomic E-state index is 12.7. The minimum atomic E-state index is -1.40. The van der Waals surface area contributed by atoms with E-state index >= 15 is 0 Å². The summed E-state index contributed by atoms with van der Waals surface area (Å²) in [6.45, 7) is 8.63. The van der Waals surface area contributed by atoms with Crippen LogP contribution in [-0.2, 0) is 28.5 Å². The van der Waals surface area contributed by atoms with Gasteiger partial charge in [0.05, 0.1) is 16.6 Å². The number of hydrogen-bond donors (Lipinski definition) is 1. The Balaban J connectivity index is 1.71. The molecule has 3 fully saturated rings. The third-order valence-corrected chi connectivity index (χ3v) is 8.46. The van der Waals surface area contributed by atoms with Crippen molar-refractivity contribution in [2.24, 2.45) is 16.7 Å². The van der Waals surface area contributed by atoms with Crippen LogP contribution < -0.4 is 0 Å². The van der Waals surface area contributed by atoms with Crippen molar-refractivity contribution in [1.29, 1.82) is 0 Å². The molecule has 0 aromatic carbocycles. The summed E-state index contributed by atoms with van der Waals surface area (Å²) in [5, 5.41) is 10.4. The Kier molecular flexibility index (Phi) is 3.79.